The topological polar surface area (TPSA) is 43.1 Å². The van der Waals surface area contributed by atoms with Crippen molar-refractivity contribution in [3.8, 4) is 0 Å². The Kier molecular flexibility index (Phi) is 2.08. The Labute approximate surface area is 70.9 Å². The van der Waals surface area contributed by atoms with Crippen molar-refractivity contribution in [3.63, 3.8) is 0 Å². The Hall–Kier alpha value is -0.710. The minimum Gasteiger partial charge on any atom is -0.263 e. The van der Waals surface area contributed by atoms with Crippen LogP contribution in [0.25, 0.3) is 0 Å². The average molecular weight is 222 g/mol. The number of nitrogens with zero attached hydrogens (tertiary/aromatic N) is 1. The molecule has 5 heteroatoms. The number of hydrogen-bond acceptors (Lipinski definition) is 2. The molecule has 3 nitrogen and oxygen atoms in total. The van der Waals surface area contributed by atoms with Crippen LogP contribution in [-0.2, 0) is 0 Å². The molecule has 1 aliphatic rings. The van der Waals surface area contributed by atoms with E-state index in [1.54, 1.807) is 0 Å². The lowest BCUT2D eigenvalue weighted by molar-refractivity contribution is -0.521. The molecule has 0 aromatic heterocycles. The highest BCUT2D eigenvalue weighted by atomic mass is 79.9. The summed E-state index contributed by atoms with van der Waals surface area (Å²) in [6.07, 6.45) is 3.76. The molecule has 60 valence electrons. The van der Waals surface area contributed by atoms with Gasteiger partial charge in [-0.25, -0.2) is 4.39 Å². The maximum Gasteiger partial charge on any atom is 0.299 e. The van der Waals surface area contributed by atoms with Crippen molar-refractivity contribution >= 4 is 15.9 Å². The molecule has 0 saturated carbocycles. The number of nitro groups is 1. The Balaban J connectivity index is 2.92. The highest BCUT2D eigenvalue weighted by molar-refractivity contribution is 9.10. The Bertz CT molecular complexity index is 251. The van der Waals surface area contributed by atoms with Crippen LogP contribution in [0.3, 0.4) is 0 Å². The monoisotopic (exact) mass is 221 g/mol. The molecule has 1 atom stereocenters. The fraction of sp³-hybridized carbons (Fsp3) is 0.333. The van der Waals surface area contributed by atoms with Gasteiger partial charge in [-0.15, -0.1) is 0 Å². The molecule has 1 aliphatic carbocycles. The van der Waals surface area contributed by atoms with Gasteiger partial charge in [0, 0.05) is 26.9 Å². The van der Waals surface area contributed by atoms with Gasteiger partial charge in [0.2, 0.25) is 0 Å². The van der Waals surface area contributed by atoms with Crippen molar-refractivity contribution in [2.45, 2.75) is 10.9 Å². The van der Waals surface area contributed by atoms with Crippen LogP contribution in [0.2, 0.25) is 0 Å². The van der Waals surface area contributed by atoms with Crippen molar-refractivity contribution in [1.82, 2.24) is 0 Å². The third-order valence-corrected chi connectivity index (χ3v) is 2.19. The van der Waals surface area contributed by atoms with Crippen LogP contribution in [-0.4, -0.2) is 9.37 Å². The molecule has 0 amide bonds. The molecule has 0 bridgehead atoms. The standard InChI is InChI=1S/C6H5BrFNO2/c7-6(9(10)11)3-1-2-5(8)4-6/h1-2,4H,3H2. The molecule has 0 aliphatic heterocycles. The third-order valence-electron chi connectivity index (χ3n) is 1.34. The van der Waals surface area contributed by atoms with Gasteiger partial charge in [0.1, 0.15) is 5.83 Å². The lowest BCUT2D eigenvalue weighted by Crippen LogP contribution is -2.29. The number of allylic oxidation sites excluding steroid dienone is 2. The third kappa shape index (κ3) is 1.65. The van der Waals surface area contributed by atoms with Crippen LogP contribution in [0.5, 0.6) is 0 Å². The fourth-order valence-electron chi connectivity index (χ4n) is 0.782. The minimum absolute atomic E-state index is 0.174. The van der Waals surface area contributed by atoms with E-state index in [-0.39, 0.29) is 6.42 Å². The quantitative estimate of drug-likeness (QED) is 0.295. The first-order chi connectivity index (χ1) is 5.04. The van der Waals surface area contributed by atoms with E-state index in [9.17, 15) is 14.5 Å². The summed E-state index contributed by atoms with van der Waals surface area (Å²) in [5.74, 6) is -0.579. The SMILES string of the molecule is O=[N+]([O-])C1(Br)C=C(F)C=CC1. The Morgan fingerprint density at radius 2 is 2.45 bits per heavy atom. The van der Waals surface area contributed by atoms with E-state index in [1.165, 1.54) is 12.2 Å². The Morgan fingerprint density at radius 3 is 2.82 bits per heavy atom. The van der Waals surface area contributed by atoms with Crippen molar-refractivity contribution in [2.24, 2.45) is 0 Å². The number of halogens is 2. The van der Waals surface area contributed by atoms with Gasteiger partial charge in [0.25, 0.3) is 4.45 Å². The second-order valence-corrected chi connectivity index (χ2v) is 3.58. The van der Waals surface area contributed by atoms with Crippen molar-refractivity contribution in [1.29, 1.82) is 0 Å². The molecule has 0 heterocycles. The zero-order chi connectivity index (χ0) is 8.48. The lowest BCUT2D eigenvalue weighted by Gasteiger charge is -2.14. The summed E-state index contributed by atoms with van der Waals surface area (Å²) in [6, 6.07) is 0. The second-order valence-electron chi connectivity index (χ2n) is 2.21. The van der Waals surface area contributed by atoms with Crippen LogP contribution in [0, 0.1) is 10.1 Å². The van der Waals surface area contributed by atoms with E-state index in [0.29, 0.717) is 0 Å². The average Bonchev–Trinajstić information content (AvgIpc) is 1.86. The van der Waals surface area contributed by atoms with Gasteiger partial charge in [0.15, 0.2) is 0 Å². The fourth-order valence-corrected chi connectivity index (χ4v) is 1.19. The molecule has 0 fully saturated rings. The first-order valence-electron chi connectivity index (χ1n) is 2.93. The molecule has 0 aromatic carbocycles. The Morgan fingerprint density at radius 1 is 1.82 bits per heavy atom. The first-order valence-corrected chi connectivity index (χ1v) is 3.72. The molecular weight excluding hydrogens is 217 g/mol. The maximum atomic E-state index is 12.5. The summed E-state index contributed by atoms with van der Waals surface area (Å²) >= 11 is 2.83. The van der Waals surface area contributed by atoms with Gasteiger partial charge in [0.05, 0.1) is 6.42 Å². The van der Waals surface area contributed by atoms with E-state index in [0.717, 1.165) is 6.08 Å². The van der Waals surface area contributed by atoms with Gasteiger partial charge < -0.3 is 0 Å². The largest absolute Gasteiger partial charge is 0.299 e. The van der Waals surface area contributed by atoms with Gasteiger partial charge in [-0.1, -0.05) is 6.08 Å². The predicted octanol–water partition coefficient (Wildman–Crippen LogP) is 2.17. The van der Waals surface area contributed by atoms with Gasteiger partial charge >= 0.3 is 0 Å². The van der Waals surface area contributed by atoms with Crippen molar-refractivity contribution in [2.75, 3.05) is 0 Å². The van der Waals surface area contributed by atoms with Gasteiger partial charge in [-0.3, -0.25) is 10.1 Å². The normalized spacial score (nSPS) is 29.8. The molecule has 1 unspecified atom stereocenters. The van der Waals surface area contributed by atoms with E-state index in [2.05, 4.69) is 15.9 Å². The smallest absolute Gasteiger partial charge is 0.263 e. The zero-order valence-electron chi connectivity index (χ0n) is 5.46. The molecule has 1 rings (SSSR count). The van der Waals surface area contributed by atoms with Gasteiger partial charge in [-0.05, 0) is 6.08 Å². The summed E-state index contributed by atoms with van der Waals surface area (Å²) in [5.41, 5.74) is 0. The van der Waals surface area contributed by atoms with Gasteiger partial charge in [-0.2, -0.15) is 0 Å². The zero-order valence-corrected chi connectivity index (χ0v) is 7.04. The van der Waals surface area contributed by atoms with Crippen LogP contribution in [0.15, 0.2) is 24.1 Å². The summed E-state index contributed by atoms with van der Waals surface area (Å²) in [5, 5.41) is 10.3. The molecule has 0 radical (unpaired) electrons. The van der Waals surface area contributed by atoms with E-state index < -0.39 is 15.2 Å². The highest BCUT2D eigenvalue weighted by Crippen LogP contribution is 2.30. The van der Waals surface area contributed by atoms with Crippen molar-refractivity contribution in [3.05, 3.63) is 34.2 Å². The molecule has 11 heavy (non-hydrogen) atoms. The van der Waals surface area contributed by atoms with Crippen LogP contribution >= 0.6 is 15.9 Å². The predicted molar refractivity (Wildman–Crippen MR) is 41.6 cm³/mol. The summed E-state index contributed by atoms with van der Waals surface area (Å²) in [6.45, 7) is 0. The summed E-state index contributed by atoms with van der Waals surface area (Å²) in [4.78, 5) is 9.78. The summed E-state index contributed by atoms with van der Waals surface area (Å²) < 4.78 is 11.0. The number of alkyl halides is 1. The van der Waals surface area contributed by atoms with Crippen LogP contribution < -0.4 is 0 Å². The molecular formula is C6H5BrFNO2. The number of hydrogen-bond donors (Lipinski definition) is 0. The molecule has 0 aromatic rings. The molecule has 0 spiro atoms. The molecule has 0 N–H and O–H groups in total. The summed E-state index contributed by atoms with van der Waals surface area (Å²) in [7, 11) is 0. The first kappa shape index (κ1) is 8.39. The van der Waals surface area contributed by atoms with Crippen molar-refractivity contribution < 1.29 is 9.31 Å². The maximum absolute atomic E-state index is 12.5. The minimum atomic E-state index is -1.44. The van der Waals surface area contributed by atoms with E-state index >= 15 is 0 Å². The van der Waals surface area contributed by atoms with E-state index in [1.807, 2.05) is 0 Å². The van der Waals surface area contributed by atoms with Crippen LogP contribution in [0.1, 0.15) is 6.42 Å². The van der Waals surface area contributed by atoms with Crippen LogP contribution in [0.4, 0.5) is 4.39 Å². The second kappa shape index (κ2) is 2.73. The lowest BCUT2D eigenvalue weighted by atomic mass is 10.1. The van der Waals surface area contributed by atoms with E-state index in [4.69, 9.17) is 0 Å². The molecule has 0 saturated heterocycles. The highest BCUT2D eigenvalue weighted by Gasteiger charge is 2.38. The number of rotatable bonds is 1.